The molecule has 0 aliphatic carbocycles. The van der Waals surface area contributed by atoms with Gasteiger partial charge in [-0.15, -0.1) is 0 Å². The van der Waals surface area contributed by atoms with Crippen LogP contribution in [0.5, 0.6) is 0 Å². The zero-order chi connectivity index (χ0) is 11.1. The minimum absolute atomic E-state index is 0.700. The van der Waals surface area contributed by atoms with Crippen LogP contribution in [0.1, 0.15) is 32.3 Å². The van der Waals surface area contributed by atoms with Crippen molar-refractivity contribution in [3.8, 4) is 0 Å². The van der Waals surface area contributed by atoms with Crippen molar-refractivity contribution in [2.24, 2.45) is 5.84 Å². The third-order valence-corrected chi connectivity index (χ3v) is 2.26. The van der Waals surface area contributed by atoms with Gasteiger partial charge in [0.05, 0.1) is 0 Å². The summed E-state index contributed by atoms with van der Waals surface area (Å²) >= 11 is 0. The highest BCUT2D eigenvalue weighted by molar-refractivity contribution is 5.56. The fourth-order valence-electron chi connectivity index (χ4n) is 1.41. The van der Waals surface area contributed by atoms with Crippen molar-refractivity contribution >= 4 is 11.6 Å². The van der Waals surface area contributed by atoms with Crippen molar-refractivity contribution in [1.29, 1.82) is 0 Å². The van der Waals surface area contributed by atoms with Gasteiger partial charge in [-0.3, -0.25) is 0 Å². The maximum Gasteiger partial charge on any atom is 0.148 e. The van der Waals surface area contributed by atoms with Gasteiger partial charge < -0.3 is 10.7 Å². The van der Waals surface area contributed by atoms with Crippen molar-refractivity contribution in [3.05, 3.63) is 11.9 Å². The third kappa shape index (κ3) is 3.06. The molecule has 0 saturated carbocycles. The summed E-state index contributed by atoms with van der Waals surface area (Å²) in [5, 5.41) is 3.29. The maximum absolute atomic E-state index is 5.38. The second kappa shape index (κ2) is 6.19. The number of hydrazine groups is 1. The molecule has 1 rings (SSSR count). The number of hydrogen-bond acceptors (Lipinski definition) is 5. The van der Waals surface area contributed by atoms with E-state index in [-0.39, 0.29) is 0 Å². The van der Waals surface area contributed by atoms with Crippen LogP contribution in [0.15, 0.2) is 6.33 Å². The van der Waals surface area contributed by atoms with Gasteiger partial charge >= 0.3 is 0 Å². The zero-order valence-electron chi connectivity index (χ0n) is 9.38. The number of nitrogen functional groups attached to an aromatic ring is 1. The number of rotatable bonds is 6. The third-order valence-electron chi connectivity index (χ3n) is 2.26. The van der Waals surface area contributed by atoms with Crippen molar-refractivity contribution in [2.45, 2.75) is 33.1 Å². The summed E-state index contributed by atoms with van der Waals surface area (Å²) in [6.07, 6.45) is 4.68. The molecule has 0 amide bonds. The van der Waals surface area contributed by atoms with E-state index >= 15 is 0 Å². The van der Waals surface area contributed by atoms with E-state index in [4.69, 9.17) is 5.84 Å². The van der Waals surface area contributed by atoms with Gasteiger partial charge in [0.25, 0.3) is 0 Å². The fraction of sp³-hybridized carbons (Fsp3) is 0.600. The van der Waals surface area contributed by atoms with Crippen LogP contribution in [0, 0.1) is 0 Å². The van der Waals surface area contributed by atoms with Gasteiger partial charge in [-0.1, -0.05) is 20.3 Å². The van der Waals surface area contributed by atoms with Gasteiger partial charge in [-0.2, -0.15) is 0 Å². The Morgan fingerprint density at radius 1 is 1.27 bits per heavy atom. The standard InChI is InChI=1S/C10H19N5/c1-3-5-6-12-9-8(4-2)10(15-11)14-7-13-9/h7H,3-6,11H2,1-2H3,(H2,12,13,14,15). The summed E-state index contributed by atoms with van der Waals surface area (Å²) in [6.45, 7) is 5.16. The number of nitrogens with two attached hydrogens (primary N) is 1. The Bertz CT molecular complexity index is 300. The van der Waals surface area contributed by atoms with Crippen molar-refractivity contribution in [2.75, 3.05) is 17.3 Å². The molecule has 5 heteroatoms. The molecule has 1 aromatic heterocycles. The number of unbranched alkanes of at least 4 members (excludes halogenated alkanes) is 1. The van der Waals surface area contributed by atoms with E-state index in [9.17, 15) is 0 Å². The number of nitrogens with zero attached hydrogens (tertiary/aromatic N) is 2. The molecule has 0 aromatic carbocycles. The lowest BCUT2D eigenvalue weighted by Crippen LogP contribution is -2.14. The molecule has 0 spiro atoms. The first kappa shape index (κ1) is 11.7. The lowest BCUT2D eigenvalue weighted by molar-refractivity contribution is 0.827. The molecule has 0 saturated heterocycles. The Balaban J connectivity index is 2.76. The monoisotopic (exact) mass is 209 g/mol. The number of aromatic nitrogens is 2. The molecular weight excluding hydrogens is 190 g/mol. The van der Waals surface area contributed by atoms with Gasteiger partial charge in [-0.05, 0) is 12.8 Å². The number of nitrogens with one attached hydrogen (secondary N) is 2. The second-order valence-corrected chi connectivity index (χ2v) is 3.33. The summed E-state index contributed by atoms with van der Waals surface area (Å²) < 4.78 is 0. The Morgan fingerprint density at radius 2 is 2.00 bits per heavy atom. The van der Waals surface area contributed by atoms with Gasteiger partial charge in [0, 0.05) is 12.1 Å². The number of hydrogen-bond donors (Lipinski definition) is 3. The Morgan fingerprint density at radius 3 is 2.60 bits per heavy atom. The molecule has 4 N–H and O–H groups in total. The molecule has 0 unspecified atom stereocenters. The lowest BCUT2D eigenvalue weighted by Gasteiger charge is -2.12. The van der Waals surface area contributed by atoms with Crippen LogP contribution in [0.25, 0.3) is 0 Å². The van der Waals surface area contributed by atoms with Gasteiger partial charge in [0.1, 0.15) is 18.0 Å². The van der Waals surface area contributed by atoms with Crippen LogP contribution in [0.2, 0.25) is 0 Å². The van der Waals surface area contributed by atoms with E-state index in [1.54, 1.807) is 0 Å². The van der Waals surface area contributed by atoms with E-state index in [1.165, 1.54) is 12.7 Å². The van der Waals surface area contributed by atoms with E-state index in [0.717, 1.165) is 30.8 Å². The van der Waals surface area contributed by atoms with E-state index < -0.39 is 0 Å². The van der Waals surface area contributed by atoms with Crippen LogP contribution in [-0.4, -0.2) is 16.5 Å². The molecule has 1 heterocycles. The maximum atomic E-state index is 5.38. The van der Waals surface area contributed by atoms with Crippen LogP contribution >= 0.6 is 0 Å². The Hall–Kier alpha value is -1.36. The SMILES string of the molecule is CCCCNc1ncnc(NN)c1CC. The van der Waals surface area contributed by atoms with Crippen LogP contribution < -0.4 is 16.6 Å². The van der Waals surface area contributed by atoms with Gasteiger partial charge in [-0.25, -0.2) is 15.8 Å². The molecule has 15 heavy (non-hydrogen) atoms. The lowest BCUT2D eigenvalue weighted by atomic mass is 10.2. The normalized spacial score (nSPS) is 10.1. The first-order chi connectivity index (χ1) is 7.33. The molecule has 1 aromatic rings. The van der Waals surface area contributed by atoms with Crippen LogP contribution in [0.3, 0.4) is 0 Å². The molecule has 0 aliphatic heterocycles. The highest BCUT2D eigenvalue weighted by Crippen LogP contribution is 2.19. The first-order valence-electron chi connectivity index (χ1n) is 5.37. The van der Waals surface area contributed by atoms with Crippen molar-refractivity contribution in [3.63, 3.8) is 0 Å². The predicted molar refractivity (Wildman–Crippen MR) is 62.6 cm³/mol. The summed E-state index contributed by atoms with van der Waals surface area (Å²) in [4.78, 5) is 8.28. The summed E-state index contributed by atoms with van der Waals surface area (Å²) in [7, 11) is 0. The largest absolute Gasteiger partial charge is 0.370 e. The smallest absolute Gasteiger partial charge is 0.148 e. The Labute approximate surface area is 90.5 Å². The topological polar surface area (TPSA) is 75.9 Å². The van der Waals surface area contributed by atoms with Gasteiger partial charge in [0.15, 0.2) is 0 Å². The van der Waals surface area contributed by atoms with E-state index in [1.807, 2.05) is 0 Å². The Kier molecular flexibility index (Phi) is 4.83. The molecule has 5 nitrogen and oxygen atoms in total. The number of anilines is 2. The molecule has 0 bridgehead atoms. The average molecular weight is 209 g/mol. The van der Waals surface area contributed by atoms with E-state index in [0.29, 0.717) is 5.82 Å². The van der Waals surface area contributed by atoms with Crippen molar-refractivity contribution in [1.82, 2.24) is 9.97 Å². The minimum atomic E-state index is 0.700. The molecule has 0 fully saturated rings. The van der Waals surface area contributed by atoms with Crippen LogP contribution in [-0.2, 0) is 6.42 Å². The molecule has 84 valence electrons. The van der Waals surface area contributed by atoms with E-state index in [2.05, 4.69) is 34.6 Å². The first-order valence-corrected chi connectivity index (χ1v) is 5.37. The summed E-state index contributed by atoms with van der Waals surface area (Å²) in [6, 6.07) is 0. The quantitative estimate of drug-likeness (QED) is 0.376. The fourth-order valence-corrected chi connectivity index (χ4v) is 1.41. The minimum Gasteiger partial charge on any atom is -0.370 e. The highest BCUT2D eigenvalue weighted by Gasteiger charge is 2.07. The molecule has 0 radical (unpaired) electrons. The highest BCUT2D eigenvalue weighted by atomic mass is 15.3. The van der Waals surface area contributed by atoms with Gasteiger partial charge in [0.2, 0.25) is 0 Å². The summed E-state index contributed by atoms with van der Waals surface area (Å²) in [5.41, 5.74) is 3.62. The summed E-state index contributed by atoms with van der Waals surface area (Å²) in [5.74, 6) is 6.97. The molecule has 0 aliphatic rings. The molecule has 0 atom stereocenters. The zero-order valence-corrected chi connectivity index (χ0v) is 9.38. The van der Waals surface area contributed by atoms with Crippen molar-refractivity contribution < 1.29 is 0 Å². The predicted octanol–water partition coefficient (Wildman–Crippen LogP) is 1.54. The second-order valence-electron chi connectivity index (χ2n) is 3.33. The van der Waals surface area contributed by atoms with Crippen LogP contribution in [0.4, 0.5) is 11.6 Å². The average Bonchev–Trinajstić information content (AvgIpc) is 2.29. The molecular formula is C10H19N5.